The number of nitrogens with one attached hydrogen (secondary N) is 1. The van der Waals surface area contributed by atoms with Crippen LogP contribution in [0, 0.1) is 0 Å². The fraction of sp³-hybridized carbons (Fsp3) is 0.857. The Balaban J connectivity index is 2.24. The van der Waals surface area contributed by atoms with E-state index in [1.54, 1.807) is 6.92 Å². The molecule has 1 rings (SSSR count). The van der Waals surface area contributed by atoms with Gasteiger partial charge in [-0.2, -0.15) is 0 Å². The highest BCUT2D eigenvalue weighted by atomic mass is 16.2. The van der Waals surface area contributed by atoms with Gasteiger partial charge in [0.25, 0.3) is 0 Å². The second-order valence-corrected chi connectivity index (χ2v) is 2.86. The van der Waals surface area contributed by atoms with Gasteiger partial charge in [-0.25, -0.2) is 5.32 Å². The van der Waals surface area contributed by atoms with E-state index < -0.39 is 6.04 Å². The molecule has 0 bridgehead atoms. The fourth-order valence-corrected chi connectivity index (χ4v) is 1.04. The molecule has 3 N–H and O–H groups in total. The summed E-state index contributed by atoms with van der Waals surface area (Å²) in [6, 6.07) is -0.425. The van der Waals surface area contributed by atoms with E-state index in [1.165, 1.54) is 0 Å². The molecular formula is C7H14N3O. The molecule has 4 heteroatoms. The minimum absolute atomic E-state index is 0.0218. The number of nitrogens with two attached hydrogens (primary N) is 1. The Kier molecular flexibility index (Phi) is 2.84. The molecule has 1 heterocycles. The number of hydrogen-bond donors (Lipinski definition) is 2. The predicted octanol–water partition coefficient (Wildman–Crippen LogP) is -0.826. The van der Waals surface area contributed by atoms with Gasteiger partial charge in [0.15, 0.2) is 0 Å². The highest BCUT2D eigenvalue weighted by Crippen LogP contribution is 2.03. The van der Waals surface area contributed by atoms with Crippen LogP contribution in [0.1, 0.15) is 19.8 Å². The monoisotopic (exact) mass is 156 g/mol. The van der Waals surface area contributed by atoms with Crippen LogP contribution in [0.15, 0.2) is 0 Å². The molecule has 1 aliphatic rings. The van der Waals surface area contributed by atoms with Crippen molar-refractivity contribution in [1.82, 2.24) is 10.6 Å². The first kappa shape index (κ1) is 8.49. The topological polar surface area (TPSA) is 69.2 Å². The van der Waals surface area contributed by atoms with Gasteiger partial charge in [-0.15, -0.1) is 0 Å². The van der Waals surface area contributed by atoms with E-state index in [9.17, 15) is 4.79 Å². The molecule has 0 aliphatic carbocycles. The normalized spacial score (nSPS) is 26.5. The maximum atomic E-state index is 11.0. The van der Waals surface area contributed by atoms with Crippen LogP contribution in [0.2, 0.25) is 0 Å². The van der Waals surface area contributed by atoms with Gasteiger partial charge >= 0.3 is 0 Å². The standard InChI is InChI=1S/C7H14N3O/c1-5(8)7(11)10-6-3-2-4-9-6/h5-6H,2-4,8H2,1H3,(H,10,11)/t5-,6?/m0/s1. The Labute approximate surface area is 66.5 Å². The summed E-state index contributed by atoms with van der Waals surface area (Å²) < 4.78 is 0. The SMILES string of the molecule is C[C@H](N)C(=O)NC1CCC[N]1. The van der Waals surface area contributed by atoms with Crippen LogP contribution in [-0.4, -0.2) is 24.7 Å². The van der Waals surface area contributed by atoms with Crippen LogP contribution in [0.3, 0.4) is 0 Å². The minimum Gasteiger partial charge on any atom is -0.338 e. The molecule has 1 amide bonds. The molecule has 1 radical (unpaired) electrons. The van der Waals surface area contributed by atoms with Crippen molar-refractivity contribution in [1.29, 1.82) is 0 Å². The largest absolute Gasteiger partial charge is 0.338 e. The van der Waals surface area contributed by atoms with Crippen molar-refractivity contribution in [3.63, 3.8) is 0 Å². The Morgan fingerprint density at radius 2 is 2.55 bits per heavy atom. The second-order valence-electron chi connectivity index (χ2n) is 2.86. The lowest BCUT2D eigenvalue weighted by Crippen LogP contribution is -2.45. The first-order valence-corrected chi connectivity index (χ1v) is 3.92. The number of carbonyl (C=O) groups excluding carboxylic acids is 1. The van der Waals surface area contributed by atoms with Crippen molar-refractivity contribution < 1.29 is 4.79 Å². The zero-order valence-corrected chi connectivity index (χ0v) is 6.71. The van der Waals surface area contributed by atoms with Gasteiger partial charge in [-0.3, -0.25) is 4.79 Å². The van der Waals surface area contributed by atoms with E-state index in [1.807, 2.05) is 0 Å². The summed E-state index contributed by atoms with van der Waals surface area (Å²) in [5, 5.41) is 6.92. The molecule has 1 unspecified atom stereocenters. The summed E-state index contributed by atoms with van der Waals surface area (Å²) in [5.41, 5.74) is 5.36. The van der Waals surface area contributed by atoms with Crippen molar-refractivity contribution in [2.75, 3.05) is 6.54 Å². The number of hydrogen-bond acceptors (Lipinski definition) is 2. The summed E-state index contributed by atoms with van der Waals surface area (Å²) in [7, 11) is 0. The van der Waals surface area contributed by atoms with Gasteiger partial charge in [0, 0.05) is 6.54 Å². The van der Waals surface area contributed by atoms with Crippen LogP contribution < -0.4 is 16.4 Å². The van der Waals surface area contributed by atoms with E-state index in [4.69, 9.17) is 5.73 Å². The van der Waals surface area contributed by atoms with Crippen molar-refractivity contribution in [3.8, 4) is 0 Å². The summed E-state index contributed by atoms with van der Waals surface area (Å²) >= 11 is 0. The average molecular weight is 156 g/mol. The predicted molar refractivity (Wildman–Crippen MR) is 41.8 cm³/mol. The van der Waals surface area contributed by atoms with Gasteiger partial charge in [0.2, 0.25) is 5.91 Å². The molecule has 4 nitrogen and oxygen atoms in total. The maximum absolute atomic E-state index is 11.0. The third-order valence-electron chi connectivity index (χ3n) is 1.71. The van der Waals surface area contributed by atoms with E-state index >= 15 is 0 Å². The zero-order chi connectivity index (χ0) is 8.27. The van der Waals surface area contributed by atoms with E-state index in [2.05, 4.69) is 10.6 Å². The lowest BCUT2D eigenvalue weighted by molar-refractivity contribution is -0.122. The van der Waals surface area contributed by atoms with E-state index in [0.29, 0.717) is 0 Å². The lowest BCUT2D eigenvalue weighted by atomic mass is 10.3. The summed E-state index contributed by atoms with van der Waals surface area (Å²) in [6.07, 6.45) is 2.05. The summed E-state index contributed by atoms with van der Waals surface area (Å²) in [6.45, 7) is 2.54. The van der Waals surface area contributed by atoms with Crippen LogP contribution in [0.4, 0.5) is 0 Å². The third kappa shape index (κ3) is 2.48. The molecule has 11 heavy (non-hydrogen) atoms. The van der Waals surface area contributed by atoms with Gasteiger partial charge in [0.1, 0.15) is 0 Å². The van der Waals surface area contributed by atoms with Gasteiger partial charge in [-0.05, 0) is 19.8 Å². The highest BCUT2D eigenvalue weighted by Gasteiger charge is 2.18. The van der Waals surface area contributed by atoms with E-state index in [-0.39, 0.29) is 12.1 Å². The molecule has 0 spiro atoms. The molecule has 0 aromatic heterocycles. The molecule has 0 aromatic rings. The molecule has 63 valence electrons. The van der Waals surface area contributed by atoms with Gasteiger partial charge in [0.05, 0.1) is 12.2 Å². The van der Waals surface area contributed by atoms with Crippen molar-refractivity contribution in [3.05, 3.63) is 0 Å². The van der Waals surface area contributed by atoms with Crippen molar-refractivity contribution in [2.24, 2.45) is 5.73 Å². The van der Waals surface area contributed by atoms with Crippen molar-refractivity contribution in [2.45, 2.75) is 32.0 Å². The van der Waals surface area contributed by atoms with Crippen LogP contribution in [0.5, 0.6) is 0 Å². The van der Waals surface area contributed by atoms with Crippen LogP contribution >= 0.6 is 0 Å². The summed E-state index contributed by atoms with van der Waals surface area (Å²) in [4.78, 5) is 11.0. The average Bonchev–Trinajstić information content (AvgIpc) is 2.39. The fourth-order valence-electron chi connectivity index (χ4n) is 1.04. The Morgan fingerprint density at radius 3 is 3.00 bits per heavy atom. The van der Waals surface area contributed by atoms with Gasteiger partial charge < -0.3 is 11.1 Å². The number of nitrogens with zero attached hydrogens (tertiary/aromatic N) is 1. The van der Waals surface area contributed by atoms with Gasteiger partial charge in [-0.1, -0.05) is 0 Å². The molecule has 1 saturated heterocycles. The highest BCUT2D eigenvalue weighted by molar-refractivity contribution is 5.81. The van der Waals surface area contributed by atoms with E-state index in [0.717, 1.165) is 19.4 Å². The molecular weight excluding hydrogens is 142 g/mol. The lowest BCUT2D eigenvalue weighted by Gasteiger charge is -2.12. The van der Waals surface area contributed by atoms with Crippen molar-refractivity contribution >= 4 is 5.91 Å². The van der Waals surface area contributed by atoms with Crippen LogP contribution in [0.25, 0.3) is 0 Å². The van der Waals surface area contributed by atoms with Crippen LogP contribution in [-0.2, 0) is 4.79 Å². The Morgan fingerprint density at radius 1 is 1.82 bits per heavy atom. The first-order valence-electron chi connectivity index (χ1n) is 3.92. The Bertz CT molecular complexity index is 141. The third-order valence-corrected chi connectivity index (χ3v) is 1.71. The smallest absolute Gasteiger partial charge is 0.237 e. The second kappa shape index (κ2) is 3.69. The molecule has 1 aliphatic heterocycles. The number of rotatable bonds is 2. The first-order chi connectivity index (χ1) is 5.20. The molecule has 1 fully saturated rings. The zero-order valence-electron chi connectivity index (χ0n) is 6.71. The molecule has 2 atom stereocenters. The Hall–Kier alpha value is -0.610. The summed E-state index contributed by atoms with van der Waals surface area (Å²) in [5.74, 6) is -0.111. The molecule has 0 saturated carbocycles. The maximum Gasteiger partial charge on any atom is 0.237 e. The minimum atomic E-state index is -0.425. The quantitative estimate of drug-likeness (QED) is 0.548. The number of amides is 1. The molecule has 0 aromatic carbocycles. The number of carbonyl (C=O) groups is 1.